The predicted molar refractivity (Wildman–Crippen MR) is 74.2 cm³/mol. The number of ketones is 1. The van der Waals surface area contributed by atoms with Crippen LogP contribution < -0.4 is 40.4 Å². The molecule has 0 aliphatic heterocycles. The minimum atomic E-state index is -1.23. The molecule has 102 valence electrons. The van der Waals surface area contributed by atoms with Gasteiger partial charge in [0.25, 0.3) is 0 Å². The second-order valence-electron chi connectivity index (χ2n) is 4.62. The Morgan fingerprint density at radius 2 is 1.71 bits per heavy atom. The molecule has 0 aliphatic carbocycles. The molecule has 0 aromatic heterocycles. The van der Waals surface area contributed by atoms with Gasteiger partial charge in [-0.3, -0.25) is 4.79 Å². The number of carbonyl (C=O) groups is 2. The van der Waals surface area contributed by atoms with Crippen molar-refractivity contribution in [2.75, 3.05) is 5.73 Å². The van der Waals surface area contributed by atoms with E-state index in [0.29, 0.717) is 16.7 Å². The molecule has 0 atom stereocenters. The SMILES string of the molecule is Cc1ccc(C(=O)c2cccc(CC(=O)[O-])c2N)cc1.[Na+]. The number of anilines is 1. The van der Waals surface area contributed by atoms with E-state index in [1.165, 1.54) is 0 Å². The van der Waals surface area contributed by atoms with Gasteiger partial charge in [-0.05, 0) is 18.6 Å². The van der Waals surface area contributed by atoms with Gasteiger partial charge in [0.2, 0.25) is 0 Å². The van der Waals surface area contributed by atoms with E-state index in [0.717, 1.165) is 5.56 Å². The van der Waals surface area contributed by atoms with Crippen molar-refractivity contribution in [1.29, 1.82) is 0 Å². The third kappa shape index (κ3) is 4.17. The number of carboxylic acid groups (broad SMARTS) is 1. The van der Waals surface area contributed by atoms with Gasteiger partial charge in [0.05, 0.1) is 0 Å². The molecule has 2 N–H and O–H groups in total. The molecular weight excluding hydrogens is 277 g/mol. The van der Waals surface area contributed by atoms with Crippen LogP contribution in [0.2, 0.25) is 0 Å². The van der Waals surface area contributed by atoms with Gasteiger partial charge in [-0.1, -0.05) is 42.0 Å². The molecule has 2 aromatic rings. The Balaban J connectivity index is 0.00000220. The molecule has 0 fully saturated rings. The summed E-state index contributed by atoms with van der Waals surface area (Å²) in [5.74, 6) is -1.45. The first kappa shape index (κ1) is 17.4. The van der Waals surface area contributed by atoms with Crippen molar-refractivity contribution >= 4 is 17.4 Å². The molecule has 0 spiro atoms. The Bertz CT molecular complexity index is 666. The molecule has 2 rings (SSSR count). The molecule has 0 bridgehead atoms. The number of para-hydroxylation sites is 1. The van der Waals surface area contributed by atoms with Crippen LogP contribution in [0.1, 0.15) is 27.0 Å². The first-order valence-electron chi connectivity index (χ1n) is 6.17. The number of nitrogens with two attached hydrogens (primary N) is 1. The van der Waals surface area contributed by atoms with Gasteiger partial charge in [-0.25, -0.2) is 0 Å². The molecule has 0 aliphatic rings. The van der Waals surface area contributed by atoms with Crippen molar-refractivity contribution in [3.8, 4) is 0 Å². The molecule has 5 heteroatoms. The van der Waals surface area contributed by atoms with E-state index in [2.05, 4.69) is 0 Å². The standard InChI is InChI=1S/C16H15NO3.Na/c1-10-5-7-11(8-6-10)16(20)13-4-2-3-12(15(13)17)9-14(18)19;/h2-8H,9,17H2,1H3,(H,18,19);/q;+1/p-1. The normalized spacial score (nSPS) is 9.76. The summed E-state index contributed by atoms with van der Waals surface area (Å²) in [5.41, 5.74) is 8.37. The van der Waals surface area contributed by atoms with Crippen LogP contribution in [0, 0.1) is 6.92 Å². The van der Waals surface area contributed by atoms with Crippen molar-refractivity contribution in [2.45, 2.75) is 13.3 Å². The van der Waals surface area contributed by atoms with Crippen molar-refractivity contribution in [3.05, 3.63) is 64.7 Å². The second kappa shape index (κ2) is 7.41. The number of benzene rings is 2. The van der Waals surface area contributed by atoms with E-state index in [-0.39, 0.29) is 47.4 Å². The van der Waals surface area contributed by atoms with Gasteiger partial charge in [-0.2, -0.15) is 0 Å². The molecule has 0 unspecified atom stereocenters. The van der Waals surface area contributed by atoms with Gasteiger partial charge in [0.15, 0.2) is 5.78 Å². The van der Waals surface area contributed by atoms with E-state index in [1.54, 1.807) is 30.3 Å². The number of carboxylic acids is 1. The third-order valence-corrected chi connectivity index (χ3v) is 3.09. The maximum absolute atomic E-state index is 12.4. The van der Waals surface area contributed by atoms with Crippen LogP contribution in [-0.4, -0.2) is 11.8 Å². The van der Waals surface area contributed by atoms with Gasteiger partial charge in [0, 0.05) is 29.2 Å². The summed E-state index contributed by atoms with van der Waals surface area (Å²) in [5, 5.41) is 10.7. The minimum Gasteiger partial charge on any atom is -0.550 e. The number of hydrogen-bond acceptors (Lipinski definition) is 4. The third-order valence-electron chi connectivity index (χ3n) is 3.09. The van der Waals surface area contributed by atoms with Gasteiger partial charge < -0.3 is 15.6 Å². The van der Waals surface area contributed by atoms with Crippen LogP contribution in [0.4, 0.5) is 5.69 Å². The Morgan fingerprint density at radius 1 is 1.10 bits per heavy atom. The largest absolute Gasteiger partial charge is 1.00 e. The zero-order chi connectivity index (χ0) is 14.7. The van der Waals surface area contributed by atoms with E-state index in [9.17, 15) is 14.7 Å². The minimum absolute atomic E-state index is 0. The summed E-state index contributed by atoms with van der Waals surface area (Å²) in [6.07, 6.45) is -0.305. The summed E-state index contributed by atoms with van der Waals surface area (Å²) in [4.78, 5) is 23.0. The molecule has 0 saturated heterocycles. The van der Waals surface area contributed by atoms with Crippen molar-refractivity contribution < 1.29 is 44.3 Å². The number of carbonyl (C=O) groups excluding carboxylic acids is 2. The van der Waals surface area contributed by atoms with Crippen molar-refractivity contribution in [2.24, 2.45) is 0 Å². The average molecular weight is 291 g/mol. The van der Waals surface area contributed by atoms with Crippen LogP contribution in [-0.2, 0) is 11.2 Å². The first-order chi connectivity index (χ1) is 9.49. The Kier molecular flexibility index (Phi) is 6.15. The zero-order valence-corrected chi connectivity index (χ0v) is 14.1. The number of rotatable bonds is 4. The van der Waals surface area contributed by atoms with Crippen LogP contribution >= 0.6 is 0 Å². The van der Waals surface area contributed by atoms with E-state index in [1.807, 2.05) is 19.1 Å². The number of hydrogen-bond donors (Lipinski definition) is 1. The van der Waals surface area contributed by atoms with Gasteiger partial charge >= 0.3 is 29.6 Å². The van der Waals surface area contributed by atoms with Gasteiger partial charge in [-0.15, -0.1) is 0 Å². The summed E-state index contributed by atoms with van der Waals surface area (Å²) in [6.45, 7) is 1.93. The zero-order valence-electron chi connectivity index (χ0n) is 12.1. The maximum Gasteiger partial charge on any atom is 1.00 e. The maximum atomic E-state index is 12.4. The molecule has 0 saturated carbocycles. The van der Waals surface area contributed by atoms with Crippen LogP contribution in [0.25, 0.3) is 0 Å². The number of aliphatic carboxylic acids is 1. The predicted octanol–water partition coefficient (Wildman–Crippen LogP) is -1.90. The second-order valence-corrected chi connectivity index (χ2v) is 4.62. The monoisotopic (exact) mass is 291 g/mol. The van der Waals surface area contributed by atoms with Crippen molar-refractivity contribution in [1.82, 2.24) is 0 Å². The summed E-state index contributed by atoms with van der Waals surface area (Å²) < 4.78 is 0. The van der Waals surface area contributed by atoms with Crippen LogP contribution in [0.5, 0.6) is 0 Å². The summed E-state index contributed by atoms with van der Waals surface area (Å²) >= 11 is 0. The summed E-state index contributed by atoms with van der Waals surface area (Å²) in [6, 6.07) is 11.9. The molecule has 2 aromatic carbocycles. The van der Waals surface area contributed by atoms with Crippen molar-refractivity contribution in [3.63, 3.8) is 0 Å². The fourth-order valence-electron chi connectivity index (χ4n) is 1.98. The van der Waals surface area contributed by atoms with Crippen LogP contribution in [0.3, 0.4) is 0 Å². The molecule has 0 heterocycles. The van der Waals surface area contributed by atoms with E-state index < -0.39 is 5.97 Å². The number of aryl methyl sites for hydroxylation is 1. The molecule has 0 radical (unpaired) electrons. The fraction of sp³-hybridized carbons (Fsp3) is 0.125. The fourth-order valence-corrected chi connectivity index (χ4v) is 1.98. The smallest absolute Gasteiger partial charge is 0.550 e. The average Bonchev–Trinajstić information content (AvgIpc) is 2.41. The quantitative estimate of drug-likeness (QED) is 0.405. The molecule has 21 heavy (non-hydrogen) atoms. The van der Waals surface area contributed by atoms with E-state index >= 15 is 0 Å². The van der Waals surface area contributed by atoms with Crippen LogP contribution in [0.15, 0.2) is 42.5 Å². The molecule has 4 nitrogen and oxygen atoms in total. The molecular formula is C16H14NNaO3. The Morgan fingerprint density at radius 3 is 2.29 bits per heavy atom. The molecule has 0 amide bonds. The van der Waals surface area contributed by atoms with E-state index in [4.69, 9.17) is 5.73 Å². The Labute approximate surface area is 145 Å². The first-order valence-corrected chi connectivity index (χ1v) is 6.17. The number of nitrogen functional groups attached to an aromatic ring is 1. The Hall–Kier alpha value is -1.62. The summed E-state index contributed by atoms with van der Waals surface area (Å²) in [7, 11) is 0. The topological polar surface area (TPSA) is 83.2 Å². The van der Waals surface area contributed by atoms with Gasteiger partial charge in [0.1, 0.15) is 0 Å².